The Kier molecular flexibility index (Phi) is 6.03. The van der Waals surface area contributed by atoms with Gasteiger partial charge in [-0.3, -0.25) is 9.52 Å². The zero-order chi connectivity index (χ0) is 22.9. The predicted octanol–water partition coefficient (Wildman–Crippen LogP) is 3.84. The van der Waals surface area contributed by atoms with Crippen molar-refractivity contribution < 1.29 is 22.7 Å². The van der Waals surface area contributed by atoms with E-state index in [0.29, 0.717) is 34.7 Å². The van der Waals surface area contributed by atoms with Crippen LogP contribution in [0.5, 0.6) is 0 Å². The van der Waals surface area contributed by atoms with E-state index >= 15 is 0 Å². The third-order valence-corrected chi connectivity index (χ3v) is 8.46. The third-order valence-electron chi connectivity index (χ3n) is 5.36. The number of hydrogen-bond acceptors (Lipinski definition) is 6. The van der Waals surface area contributed by atoms with Crippen molar-refractivity contribution >= 4 is 38.9 Å². The number of ether oxygens (including phenoxy) is 1. The summed E-state index contributed by atoms with van der Waals surface area (Å²) >= 11 is 1.01. The summed E-state index contributed by atoms with van der Waals surface area (Å²) in [5.41, 5.74) is 2.45. The van der Waals surface area contributed by atoms with E-state index in [2.05, 4.69) is 4.72 Å². The Balaban J connectivity index is 1.71. The molecule has 0 spiro atoms. The van der Waals surface area contributed by atoms with Gasteiger partial charge >= 0.3 is 5.97 Å². The second-order valence-electron chi connectivity index (χ2n) is 7.42. The van der Waals surface area contributed by atoms with Gasteiger partial charge in [-0.15, -0.1) is 11.3 Å². The summed E-state index contributed by atoms with van der Waals surface area (Å²) in [6.07, 6.45) is 0.370. The lowest BCUT2D eigenvalue weighted by atomic mass is 10.0. The average molecular weight is 471 g/mol. The second-order valence-corrected chi connectivity index (χ2v) is 10.4. The Bertz CT molecular complexity index is 1280. The third kappa shape index (κ3) is 4.13. The number of carbonyl (C=O) groups is 2. The van der Waals surface area contributed by atoms with Crippen molar-refractivity contribution in [1.29, 1.82) is 0 Å². The number of anilines is 1. The molecule has 2 heterocycles. The van der Waals surface area contributed by atoms with E-state index in [1.54, 1.807) is 54.3 Å². The van der Waals surface area contributed by atoms with Gasteiger partial charge < -0.3 is 9.64 Å². The number of carbonyl (C=O) groups excluding carboxylic acids is 2. The number of rotatable bonds is 5. The summed E-state index contributed by atoms with van der Waals surface area (Å²) in [4.78, 5) is 27.8. The molecule has 1 N–H and O–H groups in total. The van der Waals surface area contributed by atoms with Crippen molar-refractivity contribution in [3.63, 3.8) is 0 Å². The number of thiophene rings is 1. The van der Waals surface area contributed by atoms with Crippen molar-refractivity contribution in [2.24, 2.45) is 0 Å². The van der Waals surface area contributed by atoms with Gasteiger partial charge in [-0.1, -0.05) is 36.4 Å². The number of aryl methyl sites for hydroxylation is 1. The van der Waals surface area contributed by atoms with Gasteiger partial charge in [-0.05, 0) is 42.7 Å². The van der Waals surface area contributed by atoms with Gasteiger partial charge in [0.05, 0.1) is 24.9 Å². The van der Waals surface area contributed by atoms with Crippen molar-refractivity contribution in [3.05, 3.63) is 81.7 Å². The molecule has 0 saturated heterocycles. The SMILES string of the molecule is COC(=O)c1c(S(=O)(=O)Nc2ccccc2C)sc2c1CCN(C(=O)c1ccccc1)C2. The predicted molar refractivity (Wildman–Crippen MR) is 123 cm³/mol. The summed E-state index contributed by atoms with van der Waals surface area (Å²) in [7, 11) is -2.81. The number of sulfonamides is 1. The Hall–Kier alpha value is -3.17. The molecule has 3 aromatic rings. The highest BCUT2D eigenvalue weighted by molar-refractivity contribution is 7.94. The van der Waals surface area contributed by atoms with E-state index in [-0.39, 0.29) is 22.2 Å². The molecule has 1 aliphatic rings. The number of nitrogens with one attached hydrogen (secondary N) is 1. The average Bonchev–Trinajstić information content (AvgIpc) is 3.20. The molecule has 9 heteroatoms. The fourth-order valence-electron chi connectivity index (χ4n) is 3.69. The number of nitrogens with zero attached hydrogens (tertiary/aromatic N) is 1. The summed E-state index contributed by atoms with van der Waals surface area (Å²) in [5, 5.41) is 0. The molecule has 4 rings (SSSR count). The topological polar surface area (TPSA) is 92.8 Å². The Morgan fingerprint density at radius 2 is 1.75 bits per heavy atom. The minimum atomic E-state index is -4.04. The molecule has 1 amide bonds. The summed E-state index contributed by atoms with van der Waals surface area (Å²) in [5.74, 6) is -0.831. The number of esters is 1. The molecule has 0 fully saturated rings. The van der Waals surface area contributed by atoms with Gasteiger partial charge in [0.1, 0.15) is 0 Å². The summed E-state index contributed by atoms with van der Waals surface area (Å²) in [6.45, 7) is 2.41. The summed E-state index contributed by atoms with van der Waals surface area (Å²) < 4.78 is 33.9. The zero-order valence-electron chi connectivity index (χ0n) is 17.6. The van der Waals surface area contributed by atoms with Crippen LogP contribution >= 0.6 is 11.3 Å². The number of benzene rings is 2. The Morgan fingerprint density at radius 1 is 1.06 bits per heavy atom. The first-order valence-electron chi connectivity index (χ1n) is 9.97. The number of methoxy groups -OCH3 is 1. The zero-order valence-corrected chi connectivity index (χ0v) is 19.3. The van der Waals surface area contributed by atoms with Crippen molar-refractivity contribution in [2.45, 2.75) is 24.1 Å². The van der Waals surface area contributed by atoms with Crippen molar-refractivity contribution in [1.82, 2.24) is 4.90 Å². The molecule has 0 radical (unpaired) electrons. The minimum Gasteiger partial charge on any atom is -0.465 e. The fourth-order valence-corrected chi connectivity index (χ4v) is 6.72. The molecule has 7 nitrogen and oxygen atoms in total. The molecule has 0 bridgehead atoms. The maximum Gasteiger partial charge on any atom is 0.340 e. The normalized spacial score (nSPS) is 13.4. The van der Waals surface area contributed by atoms with Crippen molar-refractivity contribution in [3.8, 4) is 0 Å². The molecule has 2 aromatic carbocycles. The molecule has 1 aromatic heterocycles. The van der Waals surface area contributed by atoms with Gasteiger partial charge in [0, 0.05) is 17.0 Å². The van der Waals surface area contributed by atoms with Crippen LogP contribution in [-0.2, 0) is 27.7 Å². The Morgan fingerprint density at radius 3 is 2.44 bits per heavy atom. The second kappa shape index (κ2) is 8.76. The molecule has 0 atom stereocenters. The highest BCUT2D eigenvalue weighted by Crippen LogP contribution is 2.38. The molecular formula is C23H22N2O5S2. The quantitative estimate of drug-likeness (QED) is 0.572. The largest absolute Gasteiger partial charge is 0.465 e. The first-order chi connectivity index (χ1) is 15.3. The number of amides is 1. The minimum absolute atomic E-state index is 0.0559. The van der Waals surface area contributed by atoms with Crippen LogP contribution in [0.15, 0.2) is 58.8 Å². The first kappa shape index (κ1) is 22.0. The highest BCUT2D eigenvalue weighted by atomic mass is 32.2. The molecule has 1 aliphatic heterocycles. The monoisotopic (exact) mass is 470 g/mol. The number of para-hydroxylation sites is 1. The lowest BCUT2D eigenvalue weighted by Gasteiger charge is -2.27. The molecule has 166 valence electrons. The van der Waals surface area contributed by atoms with Crippen molar-refractivity contribution in [2.75, 3.05) is 18.4 Å². The van der Waals surface area contributed by atoms with Crippen LogP contribution in [0.2, 0.25) is 0 Å². The maximum absolute atomic E-state index is 13.3. The number of fused-ring (bicyclic) bond motifs is 1. The van der Waals surface area contributed by atoms with E-state index in [9.17, 15) is 18.0 Å². The van der Waals surface area contributed by atoms with Crippen LogP contribution < -0.4 is 4.72 Å². The fraction of sp³-hybridized carbons (Fsp3) is 0.217. The molecule has 0 unspecified atom stereocenters. The van der Waals surface area contributed by atoms with E-state index in [1.807, 2.05) is 12.1 Å². The Labute approximate surface area is 190 Å². The lowest BCUT2D eigenvalue weighted by Crippen LogP contribution is -2.35. The van der Waals surface area contributed by atoms with Gasteiger partial charge in [-0.25, -0.2) is 13.2 Å². The highest BCUT2D eigenvalue weighted by Gasteiger charge is 2.35. The molecule has 0 aliphatic carbocycles. The van der Waals surface area contributed by atoms with E-state index < -0.39 is 16.0 Å². The lowest BCUT2D eigenvalue weighted by molar-refractivity contribution is 0.0595. The molecule has 0 saturated carbocycles. The van der Waals surface area contributed by atoms with E-state index in [0.717, 1.165) is 16.9 Å². The van der Waals surface area contributed by atoms with Gasteiger partial charge in [0.2, 0.25) is 0 Å². The summed E-state index contributed by atoms with van der Waals surface area (Å²) in [6, 6.07) is 15.9. The van der Waals surface area contributed by atoms with Gasteiger partial charge in [0.15, 0.2) is 4.21 Å². The number of hydrogen-bond donors (Lipinski definition) is 1. The van der Waals surface area contributed by atoms with Crippen LogP contribution in [-0.4, -0.2) is 38.8 Å². The van der Waals surface area contributed by atoms with Gasteiger partial charge in [0.25, 0.3) is 15.9 Å². The smallest absolute Gasteiger partial charge is 0.340 e. The standard InChI is InChI=1S/C23H22N2O5S2/c1-15-8-6-7-11-18(15)24-32(28,29)23-20(22(27)30-2)17-12-13-25(14-19(17)31-23)21(26)16-9-4-3-5-10-16/h3-11,24H,12-14H2,1-2H3. The first-order valence-corrected chi connectivity index (χ1v) is 12.3. The molecule has 32 heavy (non-hydrogen) atoms. The van der Waals surface area contributed by atoms with Crippen LogP contribution in [0.3, 0.4) is 0 Å². The van der Waals surface area contributed by atoms with E-state index in [1.165, 1.54) is 7.11 Å². The van der Waals surface area contributed by atoms with E-state index in [4.69, 9.17) is 4.74 Å². The van der Waals surface area contributed by atoms with Crippen LogP contribution in [0.4, 0.5) is 5.69 Å². The maximum atomic E-state index is 13.3. The van der Waals surface area contributed by atoms with Crippen LogP contribution in [0.1, 0.15) is 36.7 Å². The van der Waals surface area contributed by atoms with Crippen LogP contribution in [0.25, 0.3) is 0 Å². The van der Waals surface area contributed by atoms with Gasteiger partial charge in [-0.2, -0.15) is 0 Å². The molecular weight excluding hydrogens is 448 g/mol. The van der Waals surface area contributed by atoms with Crippen LogP contribution in [0, 0.1) is 6.92 Å².